The molecule has 1 aliphatic rings. The molecule has 1 aromatic heterocycles. The van der Waals surface area contributed by atoms with E-state index in [1.165, 1.54) is 29.5 Å². The maximum absolute atomic E-state index is 13.0. The van der Waals surface area contributed by atoms with Crippen LogP contribution in [0.3, 0.4) is 0 Å². The van der Waals surface area contributed by atoms with Gasteiger partial charge < -0.3 is 5.32 Å². The first-order valence-corrected chi connectivity index (χ1v) is 7.60. The molecule has 1 heterocycles. The molecule has 3 rings (SSSR count). The summed E-state index contributed by atoms with van der Waals surface area (Å²) in [5, 5.41) is 14.3. The molecular formula is C14H13FN4O2S. The van der Waals surface area contributed by atoms with Crippen LogP contribution < -0.4 is 10.6 Å². The van der Waals surface area contributed by atoms with Gasteiger partial charge in [-0.05, 0) is 31.0 Å². The molecular weight excluding hydrogens is 307 g/mol. The fourth-order valence-corrected chi connectivity index (χ4v) is 2.76. The third-order valence-corrected chi connectivity index (χ3v) is 4.11. The third kappa shape index (κ3) is 3.64. The number of amides is 2. The first-order chi connectivity index (χ1) is 10.6. The van der Waals surface area contributed by atoms with Crippen LogP contribution in [0, 0.1) is 5.82 Å². The van der Waals surface area contributed by atoms with Gasteiger partial charge in [0, 0.05) is 11.5 Å². The van der Waals surface area contributed by atoms with E-state index >= 15 is 0 Å². The summed E-state index contributed by atoms with van der Waals surface area (Å²) in [7, 11) is 0. The molecule has 22 heavy (non-hydrogen) atoms. The van der Waals surface area contributed by atoms with Crippen molar-refractivity contribution in [3.05, 3.63) is 40.7 Å². The van der Waals surface area contributed by atoms with E-state index in [0.717, 1.165) is 23.9 Å². The van der Waals surface area contributed by atoms with E-state index in [-0.39, 0.29) is 12.1 Å². The number of halogens is 1. The molecule has 0 unspecified atom stereocenters. The lowest BCUT2D eigenvalue weighted by Crippen LogP contribution is -2.32. The fraction of sp³-hybridized carbons (Fsp3) is 0.286. The average Bonchev–Trinajstić information content (AvgIpc) is 3.25. The van der Waals surface area contributed by atoms with Crippen LogP contribution in [0.4, 0.5) is 9.52 Å². The number of carbonyl (C=O) groups is 2. The van der Waals surface area contributed by atoms with Gasteiger partial charge in [0.15, 0.2) is 0 Å². The Bertz CT molecular complexity index is 714. The Morgan fingerprint density at radius 1 is 1.32 bits per heavy atom. The Hall–Kier alpha value is -2.35. The van der Waals surface area contributed by atoms with Gasteiger partial charge in [-0.15, -0.1) is 10.2 Å². The second kappa shape index (κ2) is 6.18. The highest BCUT2D eigenvalue weighted by atomic mass is 32.1. The van der Waals surface area contributed by atoms with Crippen molar-refractivity contribution in [2.45, 2.75) is 18.8 Å². The highest BCUT2D eigenvalue weighted by molar-refractivity contribution is 7.15. The minimum absolute atomic E-state index is 0.166. The Morgan fingerprint density at radius 3 is 2.86 bits per heavy atom. The van der Waals surface area contributed by atoms with Crippen molar-refractivity contribution in [3.63, 3.8) is 0 Å². The van der Waals surface area contributed by atoms with Crippen molar-refractivity contribution in [1.29, 1.82) is 0 Å². The molecule has 8 heteroatoms. The molecule has 2 amide bonds. The Labute approximate surface area is 129 Å². The number of benzene rings is 1. The maximum atomic E-state index is 13.0. The lowest BCUT2D eigenvalue weighted by Gasteiger charge is -2.04. The Morgan fingerprint density at radius 2 is 2.14 bits per heavy atom. The van der Waals surface area contributed by atoms with Crippen molar-refractivity contribution in [2.24, 2.45) is 0 Å². The molecule has 0 radical (unpaired) electrons. The van der Waals surface area contributed by atoms with Gasteiger partial charge in [-0.3, -0.25) is 14.9 Å². The highest BCUT2D eigenvalue weighted by Gasteiger charge is 2.27. The summed E-state index contributed by atoms with van der Waals surface area (Å²) >= 11 is 1.35. The second-order valence-electron chi connectivity index (χ2n) is 4.96. The number of nitrogens with one attached hydrogen (secondary N) is 2. The van der Waals surface area contributed by atoms with E-state index in [1.54, 1.807) is 0 Å². The van der Waals surface area contributed by atoms with Gasteiger partial charge >= 0.3 is 0 Å². The summed E-state index contributed by atoms with van der Waals surface area (Å²) < 4.78 is 13.0. The van der Waals surface area contributed by atoms with E-state index < -0.39 is 17.6 Å². The molecule has 2 N–H and O–H groups in total. The number of anilines is 1. The van der Waals surface area contributed by atoms with Crippen LogP contribution in [-0.4, -0.2) is 28.6 Å². The Balaban J connectivity index is 1.50. The number of hydrogen-bond donors (Lipinski definition) is 2. The smallest absolute Gasteiger partial charge is 0.251 e. The number of nitrogens with zero attached hydrogens (tertiary/aromatic N) is 2. The van der Waals surface area contributed by atoms with Crippen LogP contribution in [0.25, 0.3) is 0 Å². The van der Waals surface area contributed by atoms with Gasteiger partial charge in [-0.2, -0.15) is 0 Å². The minimum atomic E-state index is -0.509. The molecule has 0 bridgehead atoms. The van der Waals surface area contributed by atoms with Gasteiger partial charge in [0.05, 0.1) is 6.54 Å². The van der Waals surface area contributed by atoms with E-state index in [4.69, 9.17) is 0 Å². The fourth-order valence-electron chi connectivity index (χ4n) is 1.84. The van der Waals surface area contributed by atoms with E-state index in [1.807, 2.05) is 0 Å². The van der Waals surface area contributed by atoms with Crippen molar-refractivity contribution in [2.75, 3.05) is 11.9 Å². The Kier molecular flexibility index (Phi) is 4.10. The summed E-state index contributed by atoms with van der Waals surface area (Å²) in [4.78, 5) is 23.5. The van der Waals surface area contributed by atoms with E-state index in [9.17, 15) is 14.0 Å². The van der Waals surface area contributed by atoms with E-state index in [0.29, 0.717) is 11.0 Å². The number of hydrogen-bond acceptors (Lipinski definition) is 5. The minimum Gasteiger partial charge on any atom is -0.343 e. The summed E-state index contributed by atoms with van der Waals surface area (Å²) in [6.45, 7) is -0.215. The SMILES string of the molecule is O=C(CNC(=O)c1cccc(F)c1)Nc1nnc(C2CC2)s1. The van der Waals surface area contributed by atoms with Crippen LogP contribution in [0.2, 0.25) is 0 Å². The average molecular weight is 320 g/mol. The zero-order chi connectivity index (χ0) is 15.5. The molecule has 1 fully saturated rings. The van der Waals surface area contributed by atoms with Crippen molar-refractivity contribution in [3.8, 4) is 0 Å². The molecule has 6 nitrogen and oxygen atoms in total. The zero-order valence-electron chi connectivity index (χ0n) is 11.5. The third-order valence-electron chi connectivity index (χ3n) is 3.11. The second-order valence-corrected chi connectivity index (χ2v) is 5.97. The van der Waals surface area contributed by atoms with Crippen LogP contribution in [0.1, 0.15) is 34.1 Å². The molecule has 0 spiro atoms. The van der Waals surface area contributed by atoms with Crippen molar-refractivity contribution >= 4 is 28.3 Å². The standard InChI is InChI=1S/C14H13FN4O2S/c15-10-3-1-2-9(6-10)12(21)16-7-11(20)17-14-19-18-13(22-14)8-4-5-8/h1-3,6,8H,4-5,7H2,(H,16,21)(H,17,19,20). The van der Waals surface area contributed by atoms with Crippen molar-refractivity contribution < 1.29 is 14.0 Å². The van der Waals surface area contributed by atoms with Gasteiger partial charge in [0.1, 0.15) is 10.8 Å². The normalized spacial score (nSPS) is 13.7. The van der Waals surface area contributed by atoms with E-state index in [2.05, 4.69) is 20.8 Å². The number of aromatic nitrogens is 2. The molecule has 0 aliphatic heterocycles. The topological polar surface area (TPSA) is 84.0 Å². The summed E-state index contributed by atoms with van der Waals surface area (Å²) in [5.74, 6) is -0.928. The zero-order valence-corrected chi connectivity index (χ0v) is 12.3. The molecule has 1 saturated carbocycles. The summed E-state index contributed by atoms with van der Waals surface area (Å²) in [6.07, 6.45) is 2.23. The monoisotopic (exact) mass is 320 g/mol. The molecule has 114 valence electrons. The largest absolute Gasteiger partial charge is 0.343 e. The lowest BCUT2D eigenvalue weighted by molar-refractivity contribution is -0.115. The molecule has 1 aliphatic carbocycles. The first-order valence-electron chi connectivity index (χ1n) is 6.79. The predicted molar refractivity (Wildman–Crippen MR) is 79.2 cm³/mol. The molecule has 2 aromatic rings. The quantitative estimate of drug-likeness (QED) is 0.881. The van der Waals surface area contributed by atoms with Crippen LogP contribution >= 0.6 is 11.3 Å². The van der Waals surface area contributed by atoms with Gasteiger partial charge in [-0.1, -0.05) is 17.4 Å². The van der Waals surface area contributed by atoms with Gasteiger partial charge in [0.25, 0.3) is 5.91 Å². The maximum Gasteiger partial charge on any atom is 0.251 e. The summed E-state index contributed by atoms with van der Waals surface area (Å²) in [5.41, 5.74) is 0.166. The number of carbonyl (C=O) groups excluding carboxylic acids is 2. The first kappa shape index (κ1) is 14.6. The molecule has 0 atom stereocenters. The van der Waals surface area contributed by atoms with Crippen molar-refractivity contribution in [1.82, 2.24) is 15.5 Å². The highest BCUT2D eigenvalue weighted by Crippen LogP contribution is 2.41. The van der Waals surface area contributed by atoms with Gasteiger partial charge in [-0.25, -0.2) is 4.39 Å². The molecule has 0 saturated heterocycles. The van der Waals surface area contributed by atoms with Gasteiger partial charge in [0.2, 0.25) is 11.0 Å². The lowest BCUT2D eigenvalue weighted by atomic mass is 10.2. The number of rotatable bonds is 5. The molecule has 1 aromatic carbocycles. The predicted octanol–water partition coefficient (Wildman–Crippen LogP) is 1.92. The van der Waals surface area contributed by atoms with Crippen LogP contribution in [-0.2, 0) is 4.79 Å². The van der Waals surface area contributed by atoms with Crippen LogP contribution in [0.15, 0.2) is 24.3 Å². The van der Waals surface area contributed by atoms with Crippen LogP contribution in [0.5, 0.6) is 0 Å². The summed E-state index contributed by atoms with van der Waals surface area (Å²) in [6, 6.07) is 5.27.